The summed E-state index contributed by atoms with van der Waals surface area (Å²) >= 11 is 0. The number of amides is 1. The molecule has 0 N–H and O–H groups in total. The summed E-state index contributed by atoms with van der Waals surface area (Å²) in [5.74, 6) is 0.883. The Morgan fingerprint density at radius 1 is 1.00 bits per heavy atom. The van der Waals surface area contributed by atoms with Crippen molar-refractivity contribution in [3.05, 3.63) is 0 Å². The maximum atomic E-state index is 12.8. The van der Waals surface area contributed by atoms with Crippen LogP contribution >= 0.6 is 0 Å². The van der Waals surface area contributed by atoms with E-state index in [1.807, 2.05) is 4.90 Å². The maximum absolute atomic E-state index is 12.8. The summed E-state index contributed by atoms with van der Waals surface area (Å²) in [5.41, 5.74) is 0. The normalized spacial score (nSPS) is 28.8. The first-order valence-corrected chi connectivity index (χ1v) is 10.3. The molecule has 0 aromatic carbocycles. The Hall–Kier alpha value is -0.660. The fourth-order valence-electron chi connectivity index (χ4n) is 3.63. The third kappa shape index (κ3) is 3.81. The molecule has 1 aliphatic carbocycles. The van der Waals surface area contributed by atoms with Crippen LogP contribution in [0.2, 0.25) is 0 Å². The largest absolute Gasteiger partial charge is 0.340 e. The Balaban J connectivity index is 1.59. The molecule has 1 amide bonds. The van der Waals surface area contributed by atoms with Crippen LogP contribution in [0.4, 0.5) is 0 Å². The zero-order valence-corrected chi connectivity index (χ0v) is 14.2. The monoisotopic (exact) mass is 329 g/mol. The number of carbonyl (C=O) groups is 1. The van der Waals surface area contributed by atoms with E-state index < -0.39 is 16.1 Å². The Bertz CT molecular complexity index is 518. The molecule has 3 fully saturated rings. The molecule has 126 valence electrons. The number of hydrogen-bond acceptors (Lipinski definition) is 4. The molecule has 2 heterocycles. The van der Waals surface area contributed by atoms with Crippen molar-refractivity contribution < 1.29 is 13.2 Å². The van der Waals surface area contributed by atoms with Crippen molar-refractivity contribution in [2.45, 2.75) is 38.1 Å². The summed E-state index contributed by atoms with van der Waals surface area (Å²) in [6.07, 6.45) is 6.34. The highest BCUT2D eigenvalue weighted by molar-refractivity contribution is 7.88. The van der Waals surface area contributed by atoms with Gasteiger partial charge in [-0.2, -0.15) is 4.31 Å². The topological polar surface area (TPSA) is 60.9 Å². The fourth-order valence-corrected chi connectivity index (χ4v) is 4.75. The van der Waals surface area contributed by atoms with E-state index in [9.17, 15) is 13.2 Å². The van der Waals surface area contributed by atoms with Crippen molar-refractivity contribution in [2.75, 3.05) is 45.5 Å². The third-order valence-corrected chi connectivity index (χ3v) is 6.32. The molecule has 1 saturated carbocycles. The van der Waals surface area contributed by atoms with Gasteiger partial charge in [0, 0.05) is 32.7 Å². The first-order valence-electron chi connectivity index (χ1n) is 8.43. The summed E-state index contributed by atoms with van der Waals surface area (Å²) in [7, 11) is -3.29. The zero-order chi connectivity index (χ0) is 15.7. The Labute approximate surface area is 133 Å². The maximum Gasteiger partial charge on any atom is 0.241 e. The Morgan fingerprint density at radius 3 is 2.45 bits per heavy atom. The first kappa shape index (κ1) is 16.2. The van der Waals surface area contributed by atoms with E-state index in [0.717, 1.165) is 44.9 Å². The lowest BCUT2D eigenvalue weighted by Crippen LogP contribution is -2.48. The van der Waals surface area contributed by atoms with Crippen LogP contribution in [0, 0.1) is 5.92 Å². The van der Waals surface area contributed by atoms with Crippen molar-refractivity contribution >= 4 is 15.9 Å². The number of rotatable bonds is 4. The average molecular weight is 329 g/mol. The minimum atomic E-state index is -3.29. The number of nitrogens with zero attached hydrogens (tertiary/aromatic N) is 3. The standard InChI is InChI=1S/C15H27N3O3S/c1-22(20,21)18-9-2-4-14(18)15(19)17-8-3-7-16(10-11-17)12-13-5-6-13/h13-14H,2-12H2,1H3/t14-/m1/s1. The van der Waals surface area contributed by atoms with Crippen LogP contribution in [0.15, 0.2) is 0 Å². The van der Waals surface area contributed by atoms with Gasteiger partial charge in [0.25, 0.3) is 0 Å². The Morgan fingerprint density at radius 2 is 1.77 bits per heavy atom. The van der Waals surface area contributed by atoms with Crippen molar-refractivity contribution in [1.82, 2.24) is 14.1 Å². The van der Waals surface area contributed by atoms with Gasteiger partial charge in [-0.3, -0.25) is 4.79 Å². The van der Waals surface area contributed by atoms with Crippen LogP contribution < -0.4 is 0 Å². The molecule has 3 rings (SSSR count). The van der Waals surface area contributed by atoms with E-state index in [2.05, 4.69) is 4.90 Å². The van der Waals surface area contributed by atoms with Gasteiger partial charge in [-0.25, -0.2) is 8.42 Å². The van der Waals surface area contributed by atoms with Crippen LogP contribution in [0.5, 0.6) is 0 Å². The van der Waals surface area contributed by atoms with Crippen molar-refractivity contribution in [1.29, 1.82) is 0 Å². The van der Waals surface area contributed by atoms with Crippen molar-refractivity contribution in [3.63, 3.8) is 0 Å². The van der Waals surface area contributed by atoms with E-state index in [4.69, 9.17) is 0 Å². The molecule has 22 heavy (non-hydrogen) atoms. The summed E-state index contributed by atoms with van der Waals surface area (Å²) < 4.78 is 25.0. The molecule has 0 unspecified atom stereocenters. The van der Waals surface area contributed by atoms with E-state index in [0.29, 0.717) is 13.0 Å². The lowest BCUT2D eigenvalue weighted by molar-refractivity contribution is -0.134. The first-order chi connectivity index (χ1) is 10.4. The summed E-state index contributed by atoms with van der Waals surface area (Å²) in [5, 5.41) is 0. The van der Waals surface area contributed by atoms with Gasteiger partial charge in [-0.15, -0.1) is 0 Å². The second kappa shape index (κ2) is 6.45. The van der Waals surface area contributed by atoms with Crippen molar-refractivity contribution in [2.24, 2.45) is 5.92 Å². The lowest BCUT2D eigenvalue weighted by Gasteiger charge is -2.28. The quantitative estimate of drug-likeness (QED) is 0.747. The van der Waals surface area contributed by atoms with Gasteiger partial charge in [-0.05, 0) is 44.6 Å². The Kier molecular flexibility index (Phi) is 4.75. The molecule has 1 atom stereocenters. The van der Waals surface area contributed by atoms with Gasteiger partial charge in [0.1, 0.15) is 6.04 Å². The molecule has 0 radical (unpaired) electrons. The molecular weight excluding hydrogens is 302 g/mol. The molecule has 3 aliphatic rings. The van der Waals surface area contributed by atoms with E-state index in [1.165, 1.54) is 29.9 Å². The van der Waals surface area contributed by atoms with Gasteiger partial charge in [0.05, 0.1) is 6.26 Å². The minimum Gasteiger partial charge on any atom is -0.340 e. The molecule has 2 saturated heterocycles. The molecule has 0 spiro atoms. The van der Waals surface area contributed by atoms with Gasteiger partial charge in [-0.1, -0.05) is 0 Å². The third-order valence-electron chi connectivity index (χ3n) is 5.03. The SMILES string of the molecule is CS(=O)(=O)N1CCC[C@@H]1C(=O)N1CCCN(CC2CC2)CC1. The average Bonchev–Trinajstić information content (AvgIpc) is 3.17. The predicted octanol–water partition coefficient (Wildman–Crippen LogP) is 0.355. The number of carbonyl (C=O) groups excluding carboxylic acids is 1. The number of sulfonamides is 1. The van der Waals surface area contributed by atoms with Crippen LogP contribution in [-0.2, 0) is 14.8 Å². The van der Waals surface area contributed by atoms with E-state index in [-0.39, 0.29) is 5.91 Å². The molecular formula is C15H27N3O3S. The molecule has 2 aliphatic heterocycles. The summed E-state index contributed by atoms with van der Waals surface area (Å²) in [6, 6.07) is -0.468. The van der Waals surface area contributed by atoms with E-state index in [1.54, 1.807) is 0 Å². The van der Waals surface area contributed by atoms with Crippen LogP contribution in [0.1, 0.15) is 32.1 Å². The highest BCUT2D eigenvalue weighted by atomic mass is 32.2. The van der Waals surface area contributed by atoms with Crippen LogP contribution in [0.3, 0.4) is 0 Å². The van der Waals surface area contributed by atoms with Gasteiger partial charge >= 0.3 is 0 Å². The second-order valence-electron chi connectivity index (χ2n) is 6.95. The molecule has 6 nitrogen and oxygen atoms in total. The van der Waals surface area contributed by atoms with Gasteiger partial charge < -0.3 is 9.80 Å². The fraction of sp³-hybridized carbons (Fsp3) is 0.933. The summed E-state index contributed by atoms with van der Waals surface area (Å²) in [4.78, 5) is 17.1. The van der Waals surface area contributed by atoms with E-state index >= 15 is 0 Å². The summed E-state index contributed by atoms with van der Waals surface area (Å²) in [6.45, 7) is 5.13. The van der Waals surface area contributed by atoms with Gasteiger partial charge in [0.2, 0.25) is 15.9 Å². The van der Waals surface area contributed by atoms with Crippen LogP contribution in [-0.4, -0.2) is 80.0 Å². The highest BCUT2D eigenvalue weighted by Gasteiger charge is 2.39. The lowest BCUT2D eigenvalue weighted by atomic mass is 10.2. The second-order valence-corrected chi connectivity index (χ2v) is 8.89. The predicted molar refractivity (Wildman–Crippen MR) is 84.9 cm³/mol. The molecule has 0 aromatic heterocycles. The van der Waals surface area contributed by atoms with Crippen LogP contribution in [0.25, 0.3) is 0 Å². The highest BCUT2D eigenvalue weighted by Crippen LogP contribution is 2.30. The number of hydrogen-bond donors (Lipinski definition) is 0. The molecule has 0 bridgehead atoms. The minimum absolute atomic E-state index is 0.0104. The van der Waals surface area contributed by atoms with Gasteiger partial charge in [0.15, 0.2) is 0 Å². The molecule has 7 heteroatoms. The zero-order valence-electron chi connectivity index (χ0n) is 13.4. The van der Waals surface area contributed by atoms with Crippen molar-refractivity contribution in [3.8, 4) is 0 Å². The molecule has 0 aromatic rings. The smallest absolute Gasteiger partial charge is 0.241 e.